The number of carbonyl (C=O) groups excluding carboxylic acids is 1. The van der Waals surface area contributed by atoms with Crippen LogP contribution in [0.3, 0.4) is 0 Å². The van der Waals surface area contributed by atoms with Crippen LogP contribution in [0.1, 0.15) is 19.4 Å². The van der Waals surface area contributed by atoms with Gasteiger partial charge in [0, 0.05) is 11.8 Å². The van der Waals surface area contributed by atoms with Crippen LogP contribution in [0.2, 0.25) is 0 Å². The molecule has 0 aliphatic heterocycles. The number of carbonyl (C=O) groups is 1. The Morgan fingerprint density at radius 1 is 1.21 bits per heavy atom. The van der Waals surface area contributed by atoms with Crippen molar-refractivity contribution in [3.8, 4) is 11.5 Å². The molecule has 0 aliphatic rings. The Hall–Kier alpha value is -1.75. The largest absolute Gasteiger partial charge is 0.493 e. The van der Waals surface area contributed by atoms with Crippen LogP contribution in [-0.4, -0.2) is 26.2 Å². The maximum Gasteiger partial charge on any atom is 0.241 e. The first kappa shape index (κ1) is 15.3. The lowest BCUT2D eigenvalue weighted by atomic mass is 10.0. The van der Waals surface area contributed by atoms with Gasteiger partial charge in [-0.3, -0.25) is 4.79 Å². The summed E-state index contributed by atoms with van der Waals surface area (Å²) in [5.74, 6) is 1.08. The number of hydrogen-bond donors (Lipinski definition) is 2. The van der Waals surface area contributed by atoms with Crippen molar-refractivity contribution in [3.63, 3.8) is 0 Å². The molecule has 0 heterocycles. The minimum Gasteiger partial charge on any atom is -0.493 e. The highest BCUT2D eigenvalue weighted by atomic mass is 16.5. The van der Waals surface area contributed by atoms with E-state index in [0.29, 0.717) is 17.2 Å². The maximum absolute atomic E-state index is 12.0. The van der Waals surface area contributed by atoms with E-state index in [0.717, 1.165) is 5.56 Å². The van der Waals surface area contributed by atoms with Gasteiger partial charge in [-0.05, 0) is 24.5 Å². The number of amides is 1. The standard InChI is InChI=1S/C14H22N2O3/c1-8(2)13(15)14(17)16-10-7-12(19-5)11(18-4)6-9(10)3/h6-8,13H,15H2,1-5H3,(H,16,17)/t13-/m1/s1. The summed E-state index contributed by atoms with van der Waals surface area (Å²) in [4.78, 5) is 12.0. The van der Waals surface area contributed by atoms with E-state index >= 15 is 0 Å². The quantitative estimate of drug-likeness (QED) is 0.854. The van der Waals surface area contributed by atoms with Gasteiger partial charge in [0.1, 0.15) is 0 Å². The molecule has 0 fully saturated rings. The average molecular weight is 266 g/mol. The average Bonchev–Trinajstić information content (AvgIpc) is 2.39. The van der Waals surface area contributed by atoms with Gasteiger partial charge in [-0.2, -0.15) is 0 Å². The Morgan fingerprint density at radius 3 is 2.21 bits per heavy atom. The normalized spacial score (nSPS) is 12.2. The number of nitrogens with two attached hydrogens (primary N) is 1. The summed E-state index contributed by atoms with van der Waals surface area (Å²) in [6.45, 7) is 5.70. The lowest BCUT2D eigenvalue weighted by Gasteiger charge is -2.18. The highest BCUT2D eigenvalue weighted by molar-refractivity contribution is 5.95. The van der Waals surface area contributed by atoms with Crippen molar-refractivity contribution in [2.45, 2.75) is 26.8 Å². The van der Waals surface area contributed by atoms with Gasteiger partial charge in [0.25, 0.3) is 0 Å². The summed E-state index contributed by atoms with van der Waals surface area (Å²) < 4.78 is 10.4. The molecule has 0 aromatic heterocycles. The van der Waals surface area contributed by atoms with E-state index < -0.39 is 6.04 Å². The highest BCUT2D eigenvalue weighted by Crippen LogP contribution is 2.32. The molecule has 5 nitrogen and oxygen atoms in total. The molecule has 1 rings (SSSR count). The number of methoxy groups -OCH3 is 2. The van der Waals surface area contributed by atoms with Crippen LogP contribution in [0.4, 0.5) is 5.69 Å². The smallest absolute Gasteiger partial charge is 0.241 e. The van der Waals surface area contributed by atoms with E-state index in [2.05, 4.69) is 5.32 Å². The van der Waals surface area contributed by atoms with E-state index in [-0.39, 0.29) is 11.8 Å². The van der Waals surface area contributed by atoms with Crippen molar-refractivity contribution in [2.24, 2.45) is 11.7 Å². The first-order valence-electron chi connectivity index (χ1n) is 6.19. The Balaban J connectivity index is 2.99. The van der Waals surface area contributed by atoms with Crippen LogP contribution in [0.5, 0.6) is 11.5 Å². The number of nitrogens with one attached hydrogen (secondary N) is 1. The van der Waals surface area contributed by atoms with E-state index in [4.69, 9.17) is 15.2 Å². The van der Waals surface area contributed by atoms with Gasteiger partial charge in [0.05, 0.1) is 20.3 Å². The minimum absolute atomic E-state index is 0.0838. The number of anilines is 1. The molecule has 106 valence electrons. The summed E-state index contributed by atoms with van der Waals surface area (Å²) in [5.41, 5.74) is 7.39. The third-order valence-electron chi connectivity index (χ3n) is 3.01. The van der Waals surface area contributed by atoms with Crippen molar-refractivity contribution in [1.82, 2.24) is 0 Å². The number of aryl methyl sites for hydroxylation is 1. The fourth-order valence-electron chi connectivity index (χ4n) is 1.63. The zero-order valence-corrected chi connectivity index (χ0v) is 12.1. The van der Waals surface area contributed by atoms with E-state index in [9.17, 15) is 4.79 Å². The first-order chi connectivity index (χ1) is 8.90. The molecule has 0 aliphatic carbocycles. The van der Waals surface area contributed by atoms with Gasteiger partial charge >= 0.3 is 0 Å². The minimum atomic E-state index is -0.535. The van der Waals surface area contributed by atoms with Gasteiger partial charge in [0.15, 0.2) is 11.5 Å². The summed E-state index contributed by atoms with van der Waals surface area (Å²) >= 11 is 0. The molecule has 1 amide bonds. The molecule has 3 N–H and O–H groups in total. The molecule has 1 aromatic carbocycles. The lowest BCUT2D eigenvalue weighted by molar-refractivity contribution is -0.118. The maximum atomic E-state index is 12.0. The topological polar surface area (TPSA) is 73.6 Å². The molecular weight excluding hydrogens is 244 g/mol. The summed E-state index contributed by atoms with van der Waals surface area (Å²) in [5, 5.41) is 2.82. The number of hydrogen-bond acceptors (Lipinski definition) is 4. The zero-order valence-electron chi connectivity index (χ0n) is 12.1. The molecule has 5 heteroatoms. The molecule has 19 heavy (non-hydrogen) atoms. The predicted molar refractivity (Wildman–Crippen MR) is 75.7 cm³/mol. The molecule has 1 atom stereocenters. The second-order valence-electron chi connectivity index (χ2n) is 4.78. The van der Waals surface area contributed by atoms with Crippen LogP contribution in [-0.2, 0) is 4.79 Å². The van der Waals surface area contributed by atoms with E-state index in [1.807, 2.05) is 26.8 Å². The van der Waals surface area contributed by atoms with Crippen LogP contribution < -0.4 is 20.5 Å². The monoisotopic (exact) mass is 266 g/mol. The van der Waals surface area contributed by atoms with Gasteiger partial charge in [-0.25, -0.2) is 0 Å². The zero-order chi connectivity index (χ0) is 14.6. The molecule has 1 aromatic rings. The Kier molecular flexibility index (Phi) is 5.18. The highest BCUT2D eigenvalue weighted by Gasteiger charge is 2.18. The molecule has 0 radical (unpaired) electrons. The molecule has 0 saturated heterocycles. The summed E-state index contributed by atoms with van der Waals surface area (Å²) in [7, 11) is 3.13. The fraction of sp³-hybridized carbons (Fsp3) is 0.500. The van der Waals surface area contributed by atoms with Crippen LogP contribution >= 0.6 is 0 Å². The molecule has 0 spiro atoms. The van der Waals surface area contributed by atoms with Crippen molar-refractivity contribution in [2.75, 3.05) is 19.5 Å². The molecule has 0 bridgehead atoms. The van der Waals surface area contributed by atoms with Gasteiger partial charge in [-0.15, -0.1) is 0 Å². The summed E-state index contributed by atoms with van der Waals surface area (Å²) in [6.07, 6.45) is 0. The predicted octanol–water partition coefficient (Wildman–Crippen LogP) is 1.93. The Labute approximate surface area is 114 Å². The van der Waals surface area contributed by atoms with Crippen molar-refractivity contribution in [1.29, 1.82) is 0 Å². The van der Waals surface area contributed by atoms with E-state index in [1.54, 1.807) is 20.3 Å². The van der Waals surface area contributed by atoms with Crippen molar-refractivity contribution in [3.05, 3.63) is 17.7 Å². The first-order valence-corrected chi connectivity index (χ1v) is 6.19. The molecule has 0 saturated carbocycles. The number of ether oxygens (including phenoxy) is 2. The van der Waals surface area contributed by atoms with Crippen LogP contribution in [0.25, 0.3) is 0 Å². The third kappa shape index (κ3) is 3.61. The second-order valence-corrected chi connectivity index (χ2v) is 4.78. The van der Waals surface area contributed by atoms with Gasteiger partial charge in [0.2, 0.25) is 5.91 Å². The third-order valence-corrected chi connectivity index (χ3v) is 3.01. The Morgan fingerprint density at radius 2 is 1.74 bits per heavy atom. The number of benzene rings is 1. The van der Waals surface area contributed by atoms with Crippen LogP contribution in [0, 0.1) is 12.8 Å². The van der Waals surface area contributed by atoms with Gasteiger partial charge in [-0.1, -0.05) is 13.8 Å². The van der Waals surface area contributed by atoms with Crippen LogP contribution in [0.15, 0.2) is 12.1 Å². The summed E-state index contributed by atoms with van der Waals surface area (Å²) in [6, 6.07) is 3.02. The van der Waals surface area contributed by atoms with E-state index in [1.165, 1.54) is 0 Å². The SMILES string of the molecule is COc1cc(C)c(NC(=O)[C@H](N)C(C)C)cc1OC. The van der Waals surface area contributed by atoms with Crippen molar-refractivity contribution < 1.29 is 14.3 Å². The number of rotatable bonds is 5. The lowest BCUT2D eigenvalue weighted by Crippen LogP contribution is -2.39. The molecule has 0 unspecified atom stereocenters. The van der Waals surface area contributed by atoms with Crippen molar-refractivity contribution >= 4 is 11.6 Å². The fourth-order valence-corrected chi connectivity index (χ4v) is 1.63. The Bertz CT molecular complexity index is 458. The second kappa shape index (κ2) is 6.43. The molecular formula is C14H22N2O3. The van der Waals surface area contributed by atoms with Gasteiger partial charge < -0.3 is 20.5 Å².